The number of Topliss-reactive ketones (excluding diaryl/α,β-unsaturated/α-hetero) is 1. The van der Waals surface area contributed by atoms with Crippen molar-refractivity contribution in [2.75, 3.05) is 0 Å². The maximum Gasteiger partial charge on any atom is 0.181 e. The van der Waals surface area contributed by atoms with Crippen LogP contribution in [0.15, 0.2) is 54.6 Å². The minimum absolute atomic E-state index is 0.0302. The van der Waals surface area contributed by atoms with Crippen molar-refractivity contribution in [2.45, 2.75) is 45.3 Å². The number of nitrogens with zero attached hydrogens (tertiary/aromatic N) is 1. The molecule has 0 spiro atoms. The van der Waals surface area contributed by atoms with Gasteiger partial charge in [0.25, 0.3) is 0 Å². The fourth-order valence-corrected chi connectivity index (χ4v) is 3.35. The van der Waals surface area contributed by atoms with Crippen LogP contribution in [0.5, 0.6) is 0 Å². The van der Waals surface area contributed by atoms with E-state index in [9.17, 15) is 4.79 Å². The molecule has 2 aromatic carbocycles. The normalized spacial score (nSPS) is 24.1. The summed E-state index contributed by atoms with van der Waals surface area (Å²) in [6.45, 7) is 8.62. The third-order valence-corrected chi connectivity index (χ3v) is 4.43. The Morgan fingerprint density at radius 1 is 0.909 bits per heavy atom. The zero-order chi connectivity index (χ0) is 15.9. The molecule has 114 valence electrons. The number of ketones is 1. The number of hydrogen-bond donors (Lipinski definition) is 0. The van der Waals surface area contributed by atoms with E-state index in [0.29, 0.717) is 6.04 Å². The monoisotopic (exact) mass is 293 g/mol. The van der Waals surface area contributed by atoms with E-state index >= 15 is 0 Å². The molecule has 3 atom stereocenters. The van der Waals surface area contributed by atoms with Crippen molar-refractivity contribution in [3.05, 3.63) is 60.2 Å². The Kier molecular flexibility index (Phi) is 3.65. The molecule has 1 unspecified atom stereocenters. The Hall–Kier alpha value is -1.93. The summed E-state index contributed by atoms with van der Waals surface area (Å²) in [6, 6.07) is 18.6. The van der Waals surface area contributed by atoms with E-state index in [1.54, 1.807) is 0 Å². The molecule has 0 radical (unpaired) electrons. The quantitative estimate of drug-likeness (QED) is 0.617. The molecule has 1 aliphatic rings. The molecule has 1 aliphatic heterocycles. The van der Waals surface area contributed by atoms with Gasteiger partial charge in [-0.15, -0.1) is 0 Å². The Balaban J connectivity index is 1.78. The minimum atomic E-state index is 0.0302. The summed E-state index contributed by atoms with van der Waals surface area (Å²) in [6.07, 6.45) is 0. The minimum Gasteiger partial charge on any atom is -0.292 e. The molecule has 0 amide bonds. The number of benzene rings is 2. The molecule has 1 heterocycles. The van der Waals surface area contributed by atoms with Crippen LogP contribution in [0, 0.1) is 0 Å². The predicted molar refractivity (Wildman–Crippen MR) is 91.1 cm³/mol. The van der Waals surface area contributed by atoms with Crippen LogP contribution in [0.1, 0.15) is 38.1 Å². The summed E-state index contributed by atoms with van der Waals surface area (Å²) in [7, 11) is 0. The summed E-state index contributed by atoms with van der Waals surface area (Å²) in [5, 5.41) is 0. The first-order chi connectivity index (χ1) is 10.4. The van der Waals surface area contributed by atoms with Crippen molar-refractivity contribution in [1.82, 2.24) is 4.90 Å². The zero-order valence-corrected chi connectivity index (χ0v) is 13.7. The zero-order valence-electron chi connectivity index (χ0n) is 13.7. The summed E-state index contributed by atoms with van der Waals surface area (Å²) in [5.74, 6) is 0.238. The van der Waals surface area contributed by atoms with Gasteiger partial charge in [0.05, 0.1) is 6.04 Å². The molecule has 2 aromatic rings. The van der Waals surface area contributed by atoms with Gasteiger partial charge in [-0.05, 0) is 38.8 Å². The van der Waals surface area contributed by atoms with E-state index in [1.165, 1.54) is 5.56 Å². The number of hydrogen-bond acceptors (Lipinski definition) is 2. The largest absolute Gasteiger partial charge is 0.292 e. The molecular weight excluding hydrogens is 270 g/mol. The average Bonchev–Trinajstić information content (AvgIpc) is 3.19. The number of rotatable bonds is 3. The second kappa shape index (κ2) is 5.36. The molecule has 22 heavy (non-hydrogen) atoms. The molecule has 1 fully saturated rings. The van der Waals surface area contributed by atoms with Gasteiger partial charge in [0.2, 0.25) is 0 Å². The Morgan fingerprint density at radius 2 is 1.45 bits per heavy atom. The lowest BCUT2D eigenvalue weighted by atomic mass is 10.0. The van der Waals surface area contributed by atoms with Crippen LogP contribution in [0.3, 0.4) is 0 Å². The highest BCUT2D eigenvalue weighted by Crippen LogP contribution is 2.38. The smallest absolute Gasteiger partial charge is 0.181 e. The molecule has 1 saturated heterocycles. The van der Waals surface area contributed by atoms with Gasteiger partial charge in [-0.1, -0.05) is 54.6 Å². The van der Waals surface area contributed by atoms with Crippen molar-refractivity contribution < 1.29 is 4.79 Å². The third kappa shape index (κ3) is 2.71. The van der Waals surface area contributed by atoms with Gasteiger partial charge < -0.3 is 0 Å². The average molecular weight is 293 g/mol. The molecule has 0 aliphatic carbocycles. The van der Waals surface area contributed by atoms with Crippen molar-refractivity contribution in [3.63, 3.8) is 0 Å². The highest BCUT2D eigenvalue weighted by Gasteiger charge is 2.54. The van der Waals surface area contributed by atoms with Gasteiger partial charge in [0.15, 0.2) is 5.78 Å². The van der Waals surface area contributed by atoms with Gasteiger partial charge in [-0.25, -0.2) is 0 Å². The van der Waals surface area contributed by atoms with Crippen LogP contribution >= 0.6 is 0 Å². The van der Waals surface area contributed by atoms with Crippen LogP contribution in [0.25, 0.3) is 11.1 Å². The van der Waals surface area contributed by atoms with Crippen molar-refractivity contribution >= 4 is 5.78 Å². The molecule has 0 bridgehead atoms. The van der Waals surface area contributed by atoms with Crippen LogP contribution in [0.4, 0.5) is 0 Å². The van der Waals surface area contributed by atoms with E-state index in [4.69, 9.17) is 0 Å². The van der Waals surface area contributed by atoms with Crippen LogP contribution in [-0.2, 0) is 0 Å². The van der Waals surface area contributed by atoms with Crippen LogP contribution < -0.4 is 0 Å². The lowest BCUT2D eigenvalue weighted by Crippen LogP contribution is -2.30. The predicted octanol–water partition coefficient (Wildman–Crippen LogP) is 4.41. The summed E-state index contributed by atoms with van der Waals surface area (Å²) >= 11 is 0. The van der Waals surface area contributed by atoms with Crippen LogP contribution in [-0.4, -0.2) is 28.3 Å². The van der Waals surface area contributed by atoms with Crippen molar-refractivity contribution in [2.24, 2.45) is 0 Å². The molecule has 0 N–H and O–H groups in total. The molecule has 3 rings (SSSR count). The number of carbonyl (C=O) groups excluding carboxylic acids is 1. The van der Waals surface area contributed by atoms with E-state index < -0.39 is 0 Å². The summed E-state index contributed by atoms with van der Waals surface area (Å²) in [5.41, 5.74) is 3.18. The highest BCUT2D eigenvalue weighted by atomic mass is 16.1. The topological polar surface area (TPSA) is 20.1 Å². The standard InChI is InChI=1S/C20H23NO/c1-14-18(21(14)20(2,3)4)19(22)17-12-10-16(11-13-17)15-8-6-5-7-9-15/h5-14,18H,1-4H3/t14-,18-,21?/m1/s1. The maximum atomic E-state index is 12.7. The van der Waals surface area contributed by atoms with E-state index in [1.807, 2.05) is 42.5 Å². The molecule has 2 nitrogen and oxygen atoms in total. The highest BCUT2D eigenvalue weighted by molar-refractivity contribution is 6.03. The second-order valence-corrected chi connectivity index (χ2v) is 7.07. The van der Waals surface area contributed by atoms with Crippen molar-refractivity contribution in [3.8, 4) is 11.1 Å². The van der Waals surface area contributed by atoms with Gasteiger partial charge in [0.1, 0.15) is 0 Å². The summed E-state index contributed by atoms with van der Waals surface area (Å²) < 4.78 is 0. The molecule has 0 saturated carbocycles. The van der Waals surface area contributed by atoms with Gasteiger partial charge >= 0.3 is 0 Å². The van der Waals surface area contributed by atoms with E-state index in [0.717, 1.165) is 11.1 Å². The lowest BCUT2D eigenvalue weighted by Gasteiger charge is -2.21. The summed E-state index contributed by atoms with van der Waals surface area (Å²) in [4.78, 5) is 15.0. The fourth-order valence-electron chi connectivity index (χ4n) is 3.35. The van der Waals surface area contributed by atoms with Crippen LogP contribution in [0.2, 0.25) is 0 Å². The molecule has 0 aromatic heterocycles. The van der Waals surface area contributed by atoms with E-state index in [2.05, 4.69) is 44.7 Å². The first kappa shape index (κ1) is 15.0. The lowest BCUT2D eigenvalue weighted by molar-refractivity contribution is 0.0957. The SMILES string of the molecule is C[C@@H]1[C@H](C(=O)c2ccc(-c3ccccc3)cc2)N1C(C)(C)C. The molecular formula is C20H23NO. The first-order valence-corrected chi connectivity index (χ1v) is 7.88. The Morgan fingerprint density at radius 3 is 1.95 bits per heavy atom. The molecule has 2 heteroatoms. The Labute approximate surface area is 132 Å². The Bertz CT molecular complexity index is 667. The van der Waals surface area contributed by atoms with Gasteiger partial charge in [-0.3, -0.25) is 9.69 Å². The second-order valence-electron chi connectivity index (χ2n) is 7.07. The van der Waals surface area contributed by atoms with Gasteiger partial charge in [-0.2, -0.15) is 0 Å². The van der Waals surface area contributed by atoms with E-state index in [-0.39, 0.29) is 17.4 Å². The third-order valence-electron chi connectivity index (χ3n) is 4.43. The fraction of sp³-hybridized carbons (Fsp3) is 0.350. The number of carbonyl (C=O) groups is 1. The first-order valence-electron chi connectivity index (χ1n) is 7.88. The van der Waals surface area contributed by atoms with Gasteiger partial charge in [0, 0.05) is 17.1 Å². The maximum absolute atomic E-state index is 12.7. The van der Waals surface area contributed by atoms with Crippen molar-refractivity contribution in [1.29, 1.82) is 0 Å².